The first-order chi connectivity index (χ1) is 7.75. The number of benzene rings is 2. The SMILES string of the molecule is O=C(O)Cc1ccc(-c2ccccc2)cc1.[H-].[H-].[Mg+2]. The molecule has 0 bridgehead atoms. The summed E-state index contributed by atoms with van der Waals surface area (Å²) in [5, 5.41) is 8.65. The molecule has 1 N–H and O–H groups in total. The monoisotopic (exact) mass is 238 g/mol. The van der Waals surface area contributed by atoms with E-state index in [-0.39, 0.29) is 32.3 Å². The van der Waals surface area contributed by atoms with Crippen molar-refractivity contribution < 1.29 is 12.8 Å². The van der Waals surface area contributed by atoms with Crippen LogP contribution in [0.3, 0.4) is 0 Å². The second kappa shape index (κ2) is 6.42. The van der Waals surface area contributed by atoms with Crippen molar-refractivity contribution in [3.63, 3.8) is 0 Å². The van der Waals surface area contributed by atoms with Crippen molar-refractivity contribution in [2.75, 3.05) is 0 Å². The van der Waals surface area contributed by atoms with Gasteiger partial charge in [-0.2, -0.15) is 0 Å². The summed E-state index contributed by atoms with van der Waals surface area (Å²) in [5.41, 5.74) is 3.08. The van der Waals surface area contributed by atoms with Crippen LogP contribution in [-0.4, -0.2) is 34.1 Å². The van der Waals surface area contributed by atoms with Crippen molar-refractivity contribution in [3.05, 3.63) is 60.2 Å². The van der Waals surface area contributed by atoms with E-state index >= 15 is 0 Å². The molecule has 0 radical (unpaired) electrons. The summed E-state index contributed by atoms with van der Waals surface area (Å²) in [6.45, 7) is 0. The molecule has 0 spiro atoms. The third kappa shape index (κ3) is 3.87. The molecule has 0 aromatic heterocycles. The largest absolute Gasteiger partial charge is 2.00 e. The van der Waals surface area contributed by atoms with E-state index in [2.05, 4.69) is 0 Å². The molecule has 2 nitrogen and oxygen atoms in total. The molecule has 0 heterocycles. The molecule has 0 atom stereocenters. The maximum atomic E-state index is 10.5. The van der Waals surface area contributed by atoms with Crippen LogP contribution in [0.5, 0.6) is 0 Å². The standard InChI is InChI=1S/C14H12O2.Mg.2H/c15-14(16)10-11-6-8-13(9-7-11)12-4-2-1-3-5-12;;;/h1-9H,10H2,(H,15,16);;;/q;+2;2*-1. The minimum atomic E-state index is -0.799. The Morgan fingerprint density at radius 2 is 1.47 bits per heavy atom. The van der Waals surface area contributed by atoms with Crippen LogP contribution < -0.4 is 0 Å². The molecule has 0 amide bonds. The van der Waals surface area contributed by atoms with E-state index in [1.165, 1.54) is 0 Å². The fraction of sp³-hybridized carbons (Fsp3) is 0.0714. The van der Waals surface area contributed by atoms with Gasteiger partial charge < -0.3 is 7.96 Å². The number of carbonyl (C=O) groups is 1. The summed E-state index contributed by atoms with van der Waals surface area (Å²) in [7, 11) is 0. The van der Waals surface area contributed by atoms with Gasteiger partial charge in [0.25, 0.3) is 0 Å². The van der Waals surface area contributed by atoms with Crippen molar-refractivity contribution >= 4 is 29.0 Å². The smallest absolute Gasteiger partial charge is 1.00 e. The molecule has 17 heavy (non-hydrogen) atoms. The summed E-state index contributed by atoms with van der Waals surface area (Å²) < 4.78 is 0. The molecule has 2 rings (SSSR count). The van der Waals surface area contributed by atoms with Gasteiger partial charge >= 0.3 is 29.0 Å². The zero-order chi connectivity index (χ0) is 11.4. The Labute approximate surface area is 119 Å². The average molecular weight is 239 g/mol. The van der Waals surface area contributed by atoms with Gasteiger partial charge in [0, 0.05) is 0 Å². The van der Waals surface area contributed by atoms with Crippen LogP contribution in [0.2, 0.25) is 0 Å². The van der Waals surface area contributed by atoms with Crippen LogP contribution in [0.15, 0.2) is 54.6 Å². The third-order valence-corrected chi connectivity index (χ3v) is 2.42. The molecule has 0 unspecified atom stereocenters. The van der Waals surface area contributed by atoms with Gasteiger partial charge in [-0.3, -0.25) is 4.79 Å². The molecule has 0 aliphatic carbocycles. The second-order valence-electron chi connectivity index (χ2n) is 3.63. The zero-order valence-electron chi connectivity index (χ0n) is 11.5. The maximum absolute atomic E-state index is 10.5. The fourth-order valence-corrected chi connectivity index (χ4v) is 1.62. The number of hydrogen-bond acceptors (Lipinski definition) is 1. The van der Waals surface area contributed by atoms with Crippen LogP contribution in [0.4, 0.5) is 0 Å². The Morgan fingerprint density at radius 3 is 2.00 bits per heavy atom. The zero-order valence-corrected chi connectivity index (χ0v) is 10.9. The van der Waals surface area contributed by atoms with Crippen LogP contribution >= 0.6 is 0 Å². The molecule has 0 fully saturated rings. The molecule has 3 heteroatoms. The summed E-state index contributed by atoms with van der Waals surface area (Å²) >= 11 is 0. The normalized spacial score (nSPS) is 9.41. The van der Waals surface area contributed by atoms with Crippen molar-refractivity contribution in [2.45, 2.75) is 6.42 Å². The van der Waals surface area contributed by atoms with E-state index in [4.69, 9.17) is 5.11 Å². The fourth-order valence-electron chi connectivity index (χ4n) is 1.62. The molecule has 2 aromatic rings. The van der Waals surface area contributed by atoms with Crippen LogP contribution in [0, 0.1) is 0 Å². The van der Waals surface area contributed by atoms with Crippen molar-refractivity contribution in [1.82, 2.24) is 0 Å². The van der Waals surface area contributed by atoms with E-state index in [0.717, 1.165) is 16.7 Å². The Morgan fingerprint density at radius 1 is 0.941 bits per heavy atom. The molecule has 2 aromatic carbocycles. The van der Waals surface area contributed by atoms with E-state index in [9.17, 15) is 4.79 Å². The Bertz CT molecular complexity index is 487. The third-order valence-electron chi connectivity index (χ3n) is 2.42. The van der Waals surface area contributed by atoms with Gasteiger partial charge in [-0.1, -0.05) is 54.6 Å². The number of rotatable bonds is 3. The Kier molecular flexibility index (Phi) is 5.19. The molecule has 0 saturated carbocycles. The van der Waals surface area contributed by atoms with Gasteiger partial charge in [0.2, 0.25) is 0 Å². The molecular formula is C14H14MgO2. The minimum absolute atomic E-state index is 0. The first-order valence-corrected chi connectivity index (χ1v) is 5.12. The Balaban J connectivity index is 0. The van der Waals surface area contributed by atoms with E-state index < -0.39 is 5.97 Å². The van der Waals surface area contributed by atoms with Gasteiger partial charge in [-0.05, 0) is 16.7 Å². The first kappa shape index (κ1) is 13.7. The summed E-state index contributed by atoms with van der Waals surface area (Å²) in [4.78, 5) is 10.5. The Hall–Kier alpha value is -1.32. The summed E-state index contributed by atoms with van der Waals surface area (Å²) in [6, 6.07) is 17.6. The van der Waals surface area contributed by atoms with E-state index in [1.54, 1.807) is 0 Å². The predicted molar refractivity (Wildman–Crippen MR) is 71.2 cm³/mol. The van der Waals surface area contributed by atoms with Gasteiger partial charge in [0.05, 0.1) is 6.42 Å². The number of carboxylic acids is 1. The molecule has 0 aliphatic heterocycles. The van der Waals surface area contributed by atoms with Crippen LogP contribution in [0.25, 0.3) is 11.1 Å². The quantitative estimate of drug-likeness (QED) is 0.835. The molecular weight excluding hydrogens is 224 g/mol. The summed E-state index contributed by atoms with van der Waals surface area (Å²) in [6.07, 6.45) is 0.0784. The molecule has 0 aliphatic rings. The van der Waals surface area contributed by atoms with Gasteiger partial charge in [-0.25, -0.2) is 0 Å². The predicted octanol–water partition coefficient (Wildman–Crippen LogP) is 2.82. The van der Waals surface area contributed by atoms with Gasteiger partial charge in [0.1, 0.15) is 0 Å². The topological polar surface area (TPSA) is 37.3 Å². The van der Waals surface area contributed by atoms with Crippen molar-refractivity contribution in [2.24, 2.45) is 0 Å². The van der Waals surface area contributed by atoms with Gasteiger partial charge in [0.15, 0.2) is 0 Å². The van der Waals surface area contributed by atoms with E-state index in [0.29, 0.717) is 0 Å². The maximum Gasteiger partial charge on any atom is 2.00 e. The van der Waals surface area contributed by atoms with Crippen LogP contribution in [0.1, 0.15) is 8.42 Å². The van der Waals surface area contributed by atoms with Crippen molar-refractivity contribution in [3.8, 4) is 11.1 Å². The summed E-state index contributed by atoms with van der Waals surface area (Å²) in [5.74, 6) is -0.799. The van der Waals surface area contributed by atoms with Crippen molar-refractivity contribution in [1.29, 1.82) is 0 Å². The minimum Gasteiger partial charge on any atom is -1.00 e. The van der Waals surface area contributed by atoms with Crippen LogP contribution in [-0.2, 0) is 11.2 Å². The number of carboxylic acid groups (broad SMARTS) is 1. The number of aliphatic carboxylic acids is 1. The second-order valence-corrected chi connectivity index (χ2v) is 3.63. The molecule has 0 saturated heterocycles. The average Bonchev–Trinajstić information content (AvgIpc) is 2.30. The van der Waals surface area contributed by atoms with Gasteiger partial charge in [-0.15, -0.1) is 0 Å². The molecule has 84 valence electrons. The van der Waals surface area contributed by atoms with E-state index in [1.807, 2.05) is 54.6 Å². The number of hydrogen-bond donors (Lipinski definition) is 1. The first-order valence-electron chi connectivity index (χ1n) is 5.12.